The first-order valence-corrected chi connectivity index (χ1v) is 8.86. The molecule has 0 radical (unpaired) electrons. The molecule has 1 aliphatic rings. The van der Waals surface area contributed by atoms with Gasteiger partial charge in [-0.15, -0.1) is 0 Å². The lowest BCUT2D eigenvalue weighted by molar-refractivity contribution is -0.140. The van der Waals surface area contributed by atoms with E-state index in [2.05, 4.69) is 9.64 Å². The number of ether oxygens (including phenoxy) is 2. The summed E-state index contributed by atoms with van der Waals surface area (Å²) in [5.41, 5.74) is 0. The second-order valence-corrected chi connectivity index (χ2v) is 7.17. The number of esters is 1. The van der Waals surface area contributed by atoms with E-state index in [1.54, 1.807) is 7.11 Å². The molecule has 0 unspecified atom stereocenters. The molecule has 0 aromatic heterocycles. The second kappa shape index (κ2) is 9.34. The summed E-state index contributed by atoms with van der Waals surface area (Å²) in [7, 11) is -0.318. The standard InChI is InChI=1S/C13H26N2O5S/c1-19-11-10-14-6-4-7-15(9-8-14)21(17,18)12-3-5-13(16)20-2/h3-12H2,1-2H3. The lowest BCUT2D eigenvalue weighted by Gasteiger charge is -2.21. The minimum absolute atomic E-state index is 0.000170. The third-order valence-corrected chi connectivity index (χ3v) is 5.52. The predicted molar refractivity (Wildman–Crippen MR) is 79.5 cm³/mol. The molecule has 0 saturated carbocycles. The van der Waals surface area contributed by atoms with E-state index in [0.29, 0.717) is 26.1 Å². The van der Waals surface area contributed by atoms with Crippen molar-refractivity contribution in [1.82, 2.24) is 9.21 Å². The van der Waals surface area contributed by atoms with Crippen molar-refractivity contribution >= 4 is 16.0 Å². The maximum atomic E-state index is 12.3. The number of nitrogens with zero attached hydrogens (tertiary/aromatic N) is 2. The summed E-state index contributed by atoms with van der Waals surface area (Å²) < 4.78 is 35.6. The van der Waals surface area contributed by atoms with Gasteiger partial charge < -0.3 is 9.47 Å². The van der Waals surface area contributed by atoms with Gasteiger partial charge >= 0.3 is 5.97 Å². The van der Waals surface area contributed by atoms with Crippen LogP contribution >= 0.6 is 0 Å². The van der Waals surface area contributed by atoms with Crippen LogP contribution in [0.1, 0.15) is 19.3 Å². The zero-order chi connectivity index (χ0) is 15.7. The Kier molecular flexibility index (Phi) is 8.16. The van der Waals surface area contributed by atoms with Crippen LogP contribution in [0.2, 0.25) is 0 Å². The van der Waals surface area contributed by atoms with Gasteiger partial charge in [-0.1, -0.05) is 0 Å². The van der Waals surface area contributed by atoms with E-state index in [9.17, 15) is 13.2 Å². The van der Waals surface area contributed by atoms with Gasteiger partial charge in [0.15, 0.2) is 0 Å². The van der Waals surface area contributed by atoms with E-state index in [4.69, 9.17) is 4.74 Å². The molecule has 0 bridgehead atoms. The van der Waals surface area contributed by atoms with Crippen LogP contribution in [0.5, 0.6) is 0 Å². The minimum atomic E-state index is -3.29. The highest BCUT2D eigenvalue weighted by atomic mass is 32.2. The van der Waals surface area contributed by atoms with Crippen molar-refractivity contribution in [2.24, 2.45) is 0 Å². The highest BCUT2D eigenvalue weighted by Gasteiger charge is 2.24. The number of sulfonamides is 1. The molecule has 0 spiro atoms. The number of rotatable bonds is 8. The maximum Gasteiger partial charge on any atom is 0.305 e. The van der Waals surface area contributed by atoms with Gasteiger partial charge in [0, 0.05) is 39.7 Å². The molecule has 0 aromatic rings. The lowest BCUT2D eigenvalue weighted by Crippen LogP contribution is -2.37. The zero-order valence-electron chi connectivity index (χ0n) is 12.9. The quantitative estimate of drug-likeness (QED) is 0.582. The average molecular weight is 322 g/mol. The van der Waals surface area contributed by atoms with E-state index >= 15 is 0 Å². The molecule has 7 nitrogen and oxygen atoms in total. The third kappa shape index (κ3) is 6.73. The molecule has 1 rings (SSSR count). The van der Waals surface area contributed by atoms with Crippen molar-refractivity contribution < 1.29 is 22.7 Å². The molecule has 0 amide bonds. The number of carbonyl (C=O) groups excluding carboxylic acids is 1. The van der Waals surface area contributed by atoms with Crippen LogP contribution in [0.15, 0.2) is 0 Å². The van der Waals surface area contributed by atoms with Gasteiger partial charge in [0.1, 0.15) is 0 Å². The van der Waals surface area contributed by atoms with E-state index in [-0.39, 0.29) is 18.1 Å². The van der Waals surface area contributed by atoms with Gasteiger partial charge in [-0.3, -0.25) is 9.69 Å². The minimum Gasteiger partial charge on any atom is -0.469 e. The Bertz CT molecular complexity index is 413. The van der Waals surface area contributed by atoms with Crippen molar-refractivity contribution in [1.29, 1.82) is 0 Å². The molecule has 124 valence electrons. The van der Waals surface area contributed by atoms with Crippen LogP contribution < -0.4 is 0 Å². The largest absolute Gasteiger partial charge is 0.469 e. The van der Waals surface area contributed by atoms with Gasteiger partial charge in [0.25, 0.3) is 0 Å². The summed E-state index contributed by atoms with van der Waals surface area (Å²) in [4.78, 5) is 13.2. The number of methoxy groups -OCH3 is 2. The van der Waals surface area contributed by atoms with E-state index in [1.807, 2.05) is 0 Å². The fourth-order valence-corrected chi connectivity index (χ4v) is 3.83. The van der Waals surface area contributed by atoms with Crippen molar-refractivity contribution in [2.45, 2.75) is 19.3 Å². The third-order valence-electron chi connectivity index (χ3n) is 3.56. The molecule has 0 atom stereocenters. The van der Waals surface area contributed by atoms with Gasteiger partial charge in [0.2, 0.25) is 10.0 Å². The Labute approximate surface area is 127 Å². The van der Waals surface area contributed by atoms with Gasteiger partial charge in [-0.2, -0.15) is 0 Å². The average Bonchev–Trinajstić information content (AvgIpc) is 2.70. The van der Waals surface area contributed by atoms with Crippen molar-refractivity contribution in [2.75, 3.05) is 59.3 Å². The highest BCUT2D eigenvalue weighted by Crippen LogP contribution is 2.10. The summed E-state index contributed by atoms with van der Waals surface area (Å²) in [5, 5.41) is 0. The van der Waals surface area contributed by atoms with Crippen LogP contribution in [0.3, 0.4) is 0 Å². The maximum absolute atomic E-state index is 12.3. The van der Waals surface area contributed by atoms with Crippen molar-refractivity contribution in [3.8, 4) is 0 Å². The van der Waals surface area contributed by atoms with E-state index in [0.717, 1.165) is 26.1 Å². The molecule has 1 fully saturated rings. The molecular formula is C13H26N2O5S. The lowest BCUT2D eigenvalue weighted by atomic mass is 10.3. The van der Waals surface area contributed by atoms with Crippen LogP contribution in [0.25, 0.3) is 0 Å². The first-order chi connectivity index (χ1) is 9.99. The van der Waals surface area contributed by atoms with Gasteiger partial charge in [-0.25, -0.2) is 12.7 Å². The number of carbonyl (C=O) groups is 1. The molecule has 1 aliphatic heterocycles. The predicted octanol–water partition coefficient (Wildman–Crippen LogP) is -0.0765. The molecule has 1 saturated heterocycles. The van der Waals surface area contributed by atoms with E-state index < -0.39 is 10.0 Å². The molecular weight excluding hydrogens is 296 g/mol. The van der Waals surface area contributed by atoms with Crippen molar-refractivity contribution in [3.63, 3.8) is 0 Å². The Morgan fingerprint density at radius 1 is 1.14 bits per heavy atom. The van der Waals surface area contributed by atoms with Crippen molar-refractivity contribution in [3.05, 3.63) is 0 Å². The fraction of sp³-hybridized carbons (Fsp3) is 0.923. The molecule has 21 heavy (non-hydrogen) atoms. The van der Waals surface area contributed by atoms with Crippen LogP contribution in [-0.2, 0) is 24.3 Å². The van der Waals surface area contributed by atoms with Crippen LogP contribution in [0.4, 0.5) is 0 Å². The Morgan fingerprint density at radius 3 is 2.57 bits per heavy atom. The topological polar surface area (TPSA) is 76.2 Å². The Hall–Kier alpha value is -0.700. The molecule has 0 aromatic carbocycles. The molecule has 1 heterocycles. The molecule has 0 N–H and O–H groups in total. The Morgan fingerprint density at radius 2 is 1.90 bits per heavy atom. The van der Waals surface area contributed by atoms with E-state index in [1.165, 1.54) is 11.4 Å². The zero-order valence-corrected chi connectivity index (χ0v) is 13.7. The van der Waals surface area contributed by atoms with Gasteiger partial charge in [0.05, 0.1) is 19.5 Å². The van der Waals surface area contributed by atoms with Crippen LogP contribution in [-0.4, -0.2) is 82.9 Å². The second-order valence-electron chi connectivity index (χ2n) is 5.08. The fourth-order valence-electron chi connectivity index (χ4n) is 2.30. The van der Waals surface area contributed by atoms with Gasteiger partial charge in [-0.05, 0) is 19.4 Å². The normalized spacial score (nSPS) is 18.4. The highest BCUT2D eigenvalue weighted by molar-refractivity contribution is 7.89. The summed E-state index contributed by atoms with van der Waals surface area (Å²) in [5.74, 6) is -0.369. The number of hydrogen-bond acceptors (Lipinski definition) is 6. The summed E-state index contributed by atoms with van der Waals surface area (Å²) in [6.45, 7) is 4.14. The number of hydrogen-bond donors (Lipinski definition) is 0. The summed E-state index contributed by atoms with van der Waals surface area (Å²) >= 11 is 0. The van der Waals surface area contributed by atoms with Crippen LogP contribution in [0, 0.1) is 0 Å². The monoisotopic (exact) mass is 322 g/mol. The molecule has 8 heteroatoms. The first kappa shape index (κ1) is 18.3. The summed E-state index contributed by atoms with van der Waals surface area (Å²) in [6, 6.07) is 0. The first-order valence-electron chi connectivity index (χ1n) is 7.25. The summed E-state index contributed by atoms with van der Waals surface area (Å²) in [6.07, 6.45) is 1.27. The SMILES string of the molecule is COCCN1CCCN(S(=O)(=O)CCCC(=O)OC)CC1. The molecule has 0 aliphatic carbocycles. The smallest absolute Gasteiger partial charge is 0.305 e. The Balaban J connectivity index is 2.42.